The van der Waals surface area contributed by atoms with Gasteiger partial charge in [-0.1, -0.05) is 69.3 Å². The number of carboxylic acids is 1. The van der Waals surface area contributed by atoms with Gasteiger partial charge < -0.3 is 20.5 Å². The molecule has 7 heteroatoms. The van der Waals surface area contributed by atoms with Crippen LogP contribution in [0.1, 0.15) is 69.9 Å². The Morgan fingerprint density at radius 1 is 0.971 bits per heavy atom. The number of carboxylic acid groups (broad SMARTS) is 1. The average Bonchev–Trinajstić information content (AvgIpc) is 3.10. The number of nitrogens with one attached hydrogen (secondary N) is 2. The molecule has 3 N–H and O–H groups in total. The third kappa shape index (κ3) is 7.84. The molecule has 1 aliphatic rings. The minimum atomic E-state index is -0.839. The molecule has 0 aliphatic heterocycles. The molecule has 1 atom stereocenters. The van der Waals surface area contributed by atoms with Crippen LogP contribution in [0.2, 0.25) is 0 Å². The fraction of sp³-hybridized carbons (Fsp3) is 0.464. The van der Waals surface area contributed by atoms with Crippen molar-refractivity contribution >= 4 is 18.0 Å². The lowest BCUT2D eigenvalue weighted by Crippen LogP contribution is -2.42. The van der Waals surface area contributed by atoms with Gasteiger partial charge in [-0.2, -0.15) is 0 Å². The molecule has 2 amide bonds. The van der Waals surface area contributed by atoms with Crippen LogP contribution in [0.15, 0.2) is 48.5 Å². The lowest BCUT2D eigenvalue weighted by molar-refractivity contribution is -0.137. The summed E-state index contributed by atoms with van der Waals surface area (Å²) in [7, 11) is 0. The number of fused-ring (bicyclic) bond motifs is 3. The molecule has 2 aromatic rings. The smallest absolute Gasteiger partial charge is 0.407 e. The van der Waals surface area contributed by atoms with Gasteiger partial charge in [0.1, 0.15) is 6.61 Å². The number of alkyl carbamates (subject to hydrolysis) is 1. The molecule has 7 nitrogen and oxygen atoms in total. The zero-order valence-electron chi connectivity index (χ0n) is 20.8. The number of carbonyl (C=O) groups is 3. The third-order valence-electron chi connectivity index (χ3n) is 6.10. The Kier molecular flexibility index (Phi) is 8.90. The van der Waals surface area contributed by atoms with Gasteiger partial charge in [0.2, 0.25) is 5.91 Å². The molecule has 0 saturated carbocycles. The number of hydrogen-bond acceptors (Lipinski definition) is 4. The maximum absolute atomic E-state index is 12.7. The van der Waals surface area contributed by atoms with Crippen LogP contribution in [0.5, 0.6) is 0 Å². The summed E-state index contributed by atoms with van der Waals surface area (Å²) in [5, 5.41) is 14.4. The number of ether oxygens (including phenoxy) is 1. The van der Waals surface area contributed by atoms with Gasteiger partial charge in [0, 0.05) is 31.3 Å². The summed E-state index contributed by atoms with van der Waals surface area (Å²) in [5.74, 6) is -1.04. The van der Waals surface area contributed by atoms with Crippen LogP contribution in [0.3, 0.4) is 0 Å². The molecule has 1 unspecified atom stereocenters. The second-order valence-corrected chi connectivity index (χ2v) is 10.3. The van der Waals surface area contributed by atoms with E-state index in [-0.39, 0.29) is 42.7 Å². The second-order valence-electron chi connectivity index (χ2n) is 10.3. The van der Waals surface area contributed by atoms with Crippen LogP contribution < -0.4 is 10.6 Å². The normalized spacial score (nSPS) is 13.5. The molecule has 0 aromatic heterocycles. The number of unbranched alkanes of at least 4 members (excludes halogenated alkanes) is 1. The van der Waals surface area contributed by atoms with E-state index in [4.69, 9.17) is 9.84 Å². The van der Waals surface area contributed by atoms with Crippen molar-refractivity contribution in [2.75, 3.05) is 13.2 Å². The number of benzene rings is 2. The predicted octanol–water partition coefficient (Wildman–Crippen LogP) is 5.09. The highest BCUT2D eigenvalue weighted by Crippen LogP contribution is 2.44. The summed E-state index contributed by atoms with van der Waals surface area (Å²) in [5.41, 5.74) is 4.54. The van der Waals surface area contributed by atoms with Crippen LogP contribution in [0.4, 0.5) is 4.79 Å². The van der Waals surface area contributed by atoms with E-state index in [1.807, 2.05) is 24.3 Å². The summed E-state index contributed by atoms with van der Waals surface area (Å²) in [6.07, 6.45) is 1.42. The molecule has 2 aromatic carbocycles. The molecule has 0 saturated heterocycles. The fourth-order valence-electron chi connectivity index (χ4n) is 4.65. The molecule has 0 heterocycles. The van der Waals surface area contributed by atoms with Crippen molar-refractivity contribution in [3.63, 3.8) is 0 Å². The summed E-state index contributed by atoms with van der Waals surface area (Å²) in [4.78, 5) is 35.8. The Balaban J connectivity index is 1.55. The van der Waals surface area contributed by atoms with Crippen LogP contribution in [0, 0.1) is 5.41 Å². The number of carbonyl (C=O) groups excluding carboxylic acids is 2. The summed E-state index contributed by atoms with van der Waals surface area (Å²) >= 11 is 0. The lowest BCUT2D eigenvalue weighted by atomic mass is 9.87. The predicted molar refractivity (Wildman–Crippen MR) is 135 cm³/mol. The van der Waals surface area contributed by atoms with Crippen molar-refractivity contribution in [2.45, 2.75) is 64.8 Å². The first-order chi connectivity index (χ1) is 16.6. The van der Waals surface area contributed by atoms with Gasteiger partial charge >= 0.3 is 12.1 Å². The van der Waals surface area contributed by atoms with Crippen LogP contribution in [-0.4, -0.2) is 42.3 Å². The van der Waals surface area contributed by atoms with Gasteiger partial charge in [0.15, 0.2) is 0 Å². The Labute approximate surface area is 207 Å². The van der Waals surface area contributed by atoms with Gasteiger partial charge in [0.05, 0.1) is 0 Å². The SMILES string of the molecule is CC(C)(C)CC(CC(=O)NCCCCC(=O)O)NC(=O)OCC1c2ccccc2-c2ccccc21. The van der Waals surface area contributed by atoms with Crippen LogP contribution in [-0.2, 0) is 14.3 Å². The minimum Gasteiger partial charge on any atom is -0.481 e. The Morgan fingerprint density at radius 3 is 2.14 bits per heavy atom. The summed E-state index contributed by atoms with van der Waals surface area (Å²) in [6.45, 7) is 6.81. The number of hydrogen-bond donors (Lipinski definition) is 3. The van der Waals surface area contributed by atoms with Crippen molar-refractivity contribution in [3.8, 4) is 11.1 Å². The fourth-order valence-corrected chi connectivity index (χ4v) is 4.65. The highest BCUT2D eigenvalue weighted by Gasteiger charge is 2.30. The van der Waals surface area contributed by atoms with Crippen molar-refractivity contribution in [1.82, 2.24) is 10.6 Å². The number of rotatable bonds is 11. The topological polar surface area (TPSA) is 105 Å². The first-order valence-corrected chi connectivity index (χ1v) is 12.2. The quantitative estimate of drug-likeness (QED) is 0.389. The molecular formula is C28H36N2O5. The van der Waals surface area contributed by atoms with E-state index in [9.17, 15) is 14.4 Å². The van der Waals surface area contributed by atoms with E-state index >= 15 is 0 Å². The zero-order valence-corrected chi connectivity index (χ0v) is 20.8. The summed E-state index contributed by atoms with van der Waals surface area (Å²) in [6, 6.07) is 16.0. The third-order valence-corrected chi connectivity index (χ3v) is 6.10. The molecule has 3 rings (SSSR count). The highest BCUT2D eigenvalue weighted by molar-refractivity contribution is 5.79. The molecule has 35 heavy (non-hydrogen) atoms. The largest absolute Gasteiger partial charge is 0.481 e. The number of aliphatic carboxylic acids is 1. The lowest BCUT2D eigenvalue weighted by Gasteiger charge is -2.26. The van der Waals surface area contributed by atoms with Crippen LogP contribution in [0.25, 0.3) is 11.1 Å². The first-order valence-electron chi connectivity index (χ1n) is 12.2. The van der Waals surface area contributed by atoms with Gasteiger partial charge in [-0.3, -0.25) is 9.59 Å². The number of amides is 2. The Morgan fingerprint density at radius 2 is 1.57 bits per heavy atom. The molecular weight excluding hydrogens is 444 g/mol. The van der Waals surface area contributed by atoms with Gasteiger partial charge in [-0.25, -0.2) is 4.79 Å². The average molecular weight is 481 g/mol. The molecule has 188 valence electrons. The molecule has 0 fully saturated rings. The van der Waals surface area contributed by atoms with Crippen molar-refractivity contribution < 1.29 is 24.2 Å². The molecule has 1 aliphatic carbocycles. The van der Waals surface area contributed by atoms with Gasteiger partial charge in [0.25, 0.3) is 0 Å². The minimum absolute atomic E-state index is 0.0247. The van der Waals surface area contributed by atoms with Gasteiger partial charge in [-0.15, -0.1) is 0 Å². The van der Waals surface area contributed by atoms with Crippen LogP contribution >= 0.6 is 0 Å². The van der Waals surface area contributed by atoms with E-state index in [0.717, 1.165) is 11.1 Å². The van der Waals surface area contributed by atoms with E-state index < -0.39 is 12.1 Å². The van der Waals surface area contributed by atoms with E-state index in [1.165, 1.54) is 11.1 Å². The van der Waals surface area contributed by atoms with Crippen molar-refractivity contribution in [1.29, 1.82) is 0 Å². The maximum atomic E-state index is 12.7. The van der Waals surface area contributed by atoms with E-state index in [1.54, 1.807) is 0 Å². The van der Waals surface area contributed by atoms with Crippen molar-refractivity contribution in [2.24, 2.45) is 5.41 Å². The van der Waals surface area contributed by atoms with E-state index in [0.29, 0.717) is 25.8 Å². The monoisotopic (exact) mass is 480 g/mol. The van der Waals surface area contributed by atoms with Crippen molar-refractivity contribution in [3.05, 3.63) is 59.7 Å². The maximum Gasteiger partial charge on any atom is 0.407 e. The second kappa shape index (κ2) is 11.9. The summed E-state index contributed by atoms with van der Waals surface area (Å²) < 4.78 is 5.66. The molecule has 0 spiro atoms. The zero-order chi connectivity index (χ0) is 25.4. The van der Waals surface area contributed by atoms with E-state index in [2.05, 4.69) is 55.7 Å². The first kappa shape index (κ1) is 26.3. The standard InChI is InChI=1S/C28H36N2O5/c1-28(2,3)17-19(16-25(31)29-15-9-8-14-26(32)33)30-27(34)35-18-24-22-12-6-4-10-20(22)21-11-5-7-13-23(21)24/h4-7,10-13,19,24H,8-9,14-18H2,1-3H3,(H,29,31)(H,30,34)(H,32,33). The molecule has 0 radical (unpaired) electrons. The molecule has 0 bridgehead atoms. The Bertz CT molecular complexity index is 998. The highest BCUT2D eigenvalue weighted by atomic mass is 16.5. The van der Waals surface area contributed by atoms with Gasteiger partial charge in [-0.05, 0) is 46.9 Å². The Hall–Kier alpha value is -3.35.